The normalized spacial score (nSPS) is 14.3. The van der Waals surface area contributed by atoms with Gasteiger partial charge in [-0.3, -0.25) is 4.79 Å². The van der Waals surface area contributed by atoms with E-state index in [-0.39, 0.29) is 11.9 Å². The summed E-state index contributed by atoms with van der Waals surface area (Å²) < 4.78 is 5.38. The zero-order valence-electron chi connectivity index (χ0n) is 12.2. The molecule has 0 saturated heterocycles. The average Bonchev–Trinajstić information content (AvgIpc) is 3.09. The standard InChI is InChI=1S/C17H14Cl2N2O2/c18-13-5-6-14-12(16(13)19)8-15(20-14)17(22)21(10-3-4-10)9-11-2-1-7-23-11/h1-2,5-8,10,20H,3-4,9H2. The van der Waals surface area contributed by atoms with Gasteiger partial charge in [0.2, 0.25) is 0 Å². The van der Waals surface area contributed by atoms with Gasteiger partial charge >= 0.3 is 0 Å². The number of furan rings is 1. The number of nitrogens with one attached hydrogen (secondary N) is 1. The molecule has 1 aliphatic rings. The third-order valence-corrected chi connectivity index (χ3v) is 4.89. The summed E-state index contributed by atoms with van der Waals surface area (Å²) in [5.74, 6) is 0.731. The number of aromatic amines is 1. The predicted octanol–water partition coefficient (Wildman–Crippen LogP) is 4.87. The Morgan fingerprint density at radius 2 is 2.13 bits per heavy atom. The lowest BCUT2D eigenvalue weighted by Crippen LogP contribution is -2.32. The van der Waals surface area contributed by atoms with E-state index in [1.807, 2.05) is 23.1 Å². The Morgan fingerprint density at radius 1 is 1.30 bits per heavy atom. The molecule has 0 bridgehead atoms. The number of benzene rings is 1. The fraction of sp³-hybridized carbons (Fsp3) is 0.235. The van der Waals surface area contributed by atoms with E-state index < -0.39 is 0 Å². The second-order valence-corrected chi connectivity index (χ2v) is 6.53. The molecule has 23 heavy (non-hydrogen) atoms. The molecule has 0 spiro atoms. The van der Waals surface area contributed by atoms with Gasteiger partial charge in [0.1, 0.15) is 11.5 Å². The molecule has 1 aromatic carbocycles. The lowest BCUT2D eigenvalue weighted by Gasteiger charge is -2.20. The average molecular weight is 349 g/mol. The first kappa shape index (κ1) is 14.7. The molecule has 6 heteroatoms. The van der Waals surface area contributed by atoms with Crippen molar-refractivity contribution in [1.29, 1.82) is 0 Å². The predicted molar refractivity (Wildman–Crippen MR) is 89.9 cm³/mol. The van der Waals surface area contributed by atoms with Gasteiger partial charge in [-0.1, -0.05) is 23.2 Å². The van der Waals surface area contributed by atoms with Gasteiger partial charge in [-0.15, -0.1) is 0 Å². The monoisotopic (exact) mass is 348 g/mol. The number of aromatic nitrogens is 1. The minimum absolute atomic E-state index is 0.0488. The highest BCUT2D eigenvalue weighted by atomic mass is 35.5. The van der Waals surface area contributed by atoms with E-state index >= 15 is 0 Å². The number of hydrogen-bond donors (Lipinski definition) is 1. The second-order valence-electron chi connectivity index (χ2n) is 5.75. The van der Waals surface area contributed by atoms with Crippen molar-refractivity contribution in [1.82, 2.24) is 9.88 Å². The smallest absolute Gasteiger partial charge is 0.270 e. The third-order valence-electron chi connectivity index (χ3n) is 4.08. The first-order chi connectivity index (χ1) is 11.1. The number of carbonyl (C=O) groups excluding carboxylic acids is 1. The molecular formula is C17H14Cl2N2O2. The zero-order chi connectivity index (χ0) is 16.0. The number of halogens is 2. The molecule has 0 aliphatic heterocycles. The van der Waals surface area contributed by atoms with Crippen molar-refractivity contribution in [2.24, 2.45) is 0 Å². The summed E-state index contributed by atoms with van der Waals surface area (Å²) in [7, 11) is 0. The van der Waals surface area contributed by atoms with Gasteiger partial charge in [0.15, 0.2) is 0 Å². The zero-order valence-corrected chi connectivity index (χ0v) is 13.7. The van der Waals surface area contributed by atoms with Crippen molar-refractivity contribution in [3.05, 3.63) is 58.1 Å². The molecule has 118 valence electrons. The van der Waals surface area contributed by atoms with Crippen LogP contribution < -0.4 is 0 Å². The third kappa shape index (κ3) is 2.73. The van der Waals surface area contributed by atoms with Gasteiger partial charge in [0, 0.05) is 16.9 Å². The van der Waals surface area contributed by atoms with Crippen LogP contribution >= 0.6 is 23.2 Å². The quantitative estimate of drug-likeness (QED) is 0.730. The van der Waals surface area contributed by atoms with Crippen molar-refractivity contribution in [3.8, 4) is 0 Å². The van der Waals surface area contributed by atoms with Gasteiger partial charge in [-0.05, 0) is 43.2 Å². The van der Waals surface area contributed by atoms with E-state index in [0.717, 1.165) is 29.5 Å². The van der Waals surface area contributed by atoms with Gasteiger partial charge in [-0.2, -0.15) is 0 Å². The van der Waals surface area contributed by atoms with Crippen molar-refractivity contribution in [2.45, 2.75) is 25.4 Å². The highest BCUT2D eigenvalue weighted by Gasteiger charge is 2.34. The molecule has 4 nitrogen and oxygen atoms in total. The molecule has 3 aromatic rings. The molecule has 1 N–H and O–H groups in total. The van der Waals surface area contributed by atoms with Gasteiger partial charge in [0.05, 0.1) is 22.9 Å². The van der Waals surface area contributed by atoms with Crippen molar-refractivity contribution < 1.29 is 9.21 Å². The molecular weight excluding hydrogens is 335 g/mol. The van der Waals surface area contributed by atoms with Crippen LogP contribution in [0.25, 0.3) is 10.9 Å². The van der Waals surface area contributed by atoms with Gasteiger partial charge in [0.25, 0.3) is 5.91 Å². The number of amides is 1. The van der Waals surface area contributed by atoms with Crippen LogP contribution in [0.2, 0.25) is 10.0 Å². The van der Waals surface area contributed by atoms with Gasteiger partial charge < -0.3 is 14.3 Å². The number of H-pyrrole nitrogens is 1. The van der Waals surface area contributed by atoms with Crippen LogP contribution in [0.3, 0.4) is 0 Å². The first-order valence-corrected chi connectivity index (χ1v) is 8.19. The number of hydrogen-bond acceptors (Lipinski definition) is 2. The van der Waals surface area contributed by atoms with Crippen molar-refractivity contribution in [2.75, 3.05) is 0 Å². The summed E-state index contributed by atoms with van der Waals surface area (Å²) >= 11 is 12.3. The fourth-order valence-electron chi connectivity index (χ4n) is 2.74. The molecule has 2 heterocycles. The summed E-state index contributed by atoms with van der Waals surface area (Å²) in [5, 5.41) is 1.70. The highest BCUT2D eigenvalue weighted by molar-refractivity contribution is 6.45. The Balaban J connectivity index is 1.67. The van der Waals surface area contributed by atoms with E-state index in [1.54, 1.807) is 18.4 Å². The molecule has 2 aromatic heterocycles. The Bertz CT molecular complexity index is 866. The minimum Gasteiger partial charge on any atom is -0.467 e. The van der Waals surface area contributed by atoms with E-state index in [2.05, 4.69) is 4.98 Å². The van der Waals surface area contributed by atoms with Gasteiger partial charge in [-0.25, -0.2) is 0 Å². The lowest BCUT2D eigenvalue weighted by molar-refractivity contribution is 0.0712. The molecule has 1 fully saturated rings. The maximum Gasteiger partial charge on any atom is 0.270 e. The number of nitrogens with zero attached hydrogens (tertiary/aromatic N) is 1. The van der Waals surface area contributed by atoms with Crippen LogP contribution in [-0.4, -0.2) is 21.8 Å². The van der Waals surface area contributed by atoms with Crippen LogP contribution in [0, 0.1) is 0 Å². The van der Waals surface area contributed by atoms with Crippen LogP contribution in [0.5, 0.6) is 0 Å². The minimum atomic E-state index is -0.0488. The Kier molecular flexibility index (Phi) is 3.58. The Morgan fingerprint density at radius 3 is 2.83 bits per heavy atom. The van der Waals surface area contributed by atoms with E-state index in [4.69, 9.17) is 27.6 Å². The van der Waals surface area contributed by atoms with Crippen LogP contribution in [0.4, 0.5) is 0 Å². The number of fused-ring (bicyclic) bond motifs is 1. The van der Waals surface area contributed by atoms with E-state index in [9.17, 15) is 4.79 Å². The molecule has 1 saturated carbocycles. The maximum absolute atomic E-state index is 12.9. The topological polar surface area (TPSA) is 49.2 Å². The summed E-state index contributed by atoms with van der Waals surface area (Å²) in [5.41, 5.74) is 1.32. The second kappa shape index (κ2) is 5.62. The molecule has 0 atom stereocenters. The molecule has 4 rings (SSSR count). The van der Waals surface area contributed by atoms with Crippen molar-refractivity contribution >= 4 is 40.0 Å². The SMILES string of the molecule is O=C(c1cc2c(Cl)c(Cl)ccc2[nH]1)N(Cc1ccco1)C1CC1. The molecule has 1 amide bonds. The first-order valence-electron chi connectivity index (χ1n) is 7.43. The van der Waals surface area contributed by atoms with E-state index in [1.165, 1.54) is 0 Å². The summed E-state index contributed by atoms with van der Waals surface area (Å²) in [4.78, 5) is 17.9. The Hall–Kier alpha value is -1.91. The molecule has 0 unspecified atom stereocenters. The molecule has 1 aliphatic carbocycles. The van der Waals surface area contributed by atoms with Crippen LogP contribution in [-0.2, 0) is 6.54 Å². The van der Waals surface area contributed by atoms with Crippen LogP contribution in [0.15, 0.2) is 41.0 Å². The lowest BCUT2D eigenvalue weighted by atomic mass is 10.2. The fourth-order valence-corrected chi connectivity index (χ4v) is 3.12. The Labute approximate surface area is 143 Å². The van der Waals surface area contributed by atoms with E-state index in [0.29, 0.717) is 22.3 Å². The summed E-state index contributed by atoms with van der Waals surface area (Å²) in [6, 6.07) is 9.30. The number of carbonyl (C=O) groups is 1. The molecule has 0 radical (unpaired) electrons. The number of rotatable bonds is 4. The highest BCUT2D eigenvalue weighted by Crippen LogP contribution is 2.33. The largest absolute Gasteiger partial charge is 0.467 e. The van der Waals surface area contributed by atoms with Crippen molar-refractivity contribution in [3.63, 3.8) is 0 Å². The summed E-state index contributed by atoms with van der Waals surface area (Å²) in [6.45, 7) is 0.473. The maximum atomic E-state index is 12.9. The van der Waals surface area contributed by atoms with Crippen LogP contribution in [0.1, 0.15) is 29.1 Å². The summed E-state index contributed by atoms with van der Waals surface area (Å²) in [6.07, 6.45) is 3.67.